The number of hydrogen-bond acceptors (Lipinski definition) is 16. The number of benzene rings is 5. The van der Waals surface area contributed by atoms with Crippen LogP contribution < -0.4 is 30.4 Å². The number of nitrogens with two attached hydrogens (primary N) is 2. The van der Waals surface area contributed by atoms with Crippen LogP contribution in [-0.4, -0.2) is 78.5 Å². The van der Waals surface area contributed by atoms with E-state index in [0.717, 1.165) is 41.8 Å². The summed E-state index contributed by atoms with van der Waals surface area (Å²) in [5.41, 5.74) is 11.6. The van der Waals surface area contributed by atoms with Gasteiger partial charge < -0.3 is 45.4 Å². The second-order valence-corrected chi connectivity index (χ2v) is 14.7. The zero-order valence-corrected chi connectivity index (χ0v) is 45.6. The van der Waals surface area contributed by atoms with Gasteiger partial charge in [0.15, 0.2) is 16.6 Å². The maximum atomic E-state index is 13.1. The number of nitrogens with zero attached hydrogens (tertiary/aromatic N) is 3. The first-order valence-corrected chi connectivity index (χ1v) is 23.6. The summed E-state index contributed by atoms with van der Waals surface area (Å²) in [5, 5.41) is 36.0. The lowest BCUT2D eigenvalue weighted by molar-refractivity contribution is -0.386. The number of rotatable bonds is 12. The minimum absolute atomic E-state index is 0.0569. The number of aliphatic hydroxyl groups excluding tert-OH is 1. The van der Waals surface area contributed by atoms with Gasteiger partial charge >= 0.3 is 11.4 Å². The summed E-state index contributed by atoms with van der Waals surface area (Å²) in [5.74, 6) is -1.13. The molecule has 0 aliphatic heterocycles. The second-order valence-electron chi connectivity index (χ2n) is 13.0. The number of nitrogen functional groups attached to an aromatic ring is 2. The third-order valence-corrected chi connectivity index (χ3v) is 8.83. The first kappa shape index (κ1) is 74.6. The predicted molar refractivity (Wildman–Crippen MR) is 289 cm³/mol. The lowest BCUT2D eigenvalue weighted by atomic mass is 10.1. The Labute approximate surface area is 448 Å². The number of thiazole rings is 1. The van der Waals surface area contributed by atoms with E-state index < -0.39 is 38.3 Å². The summed E-state index contributed by atoms with van der Waals surface area (Å²) in [7, 11) is 6.84. The number of aromatic nitrogens is 1. The first-order valence-electron chi connectivity index (χ1n) is 22.3. The molecule has 0 spiro atoms. The molecule has 0 amide bonds. The van der Waals surface area contributed by atoms with Gasteiger partial charge in [-0.3, -0.25) is 25.0 Å². The Morgan fingerprint density at radius 2 is 1.04 bits per heavy atom. The number of aliphatic hydroxyl groups is 1. The van der Waals surface area contributed by atoms with Crippen molar-refractivity contribution in [1.29, 1.82) is 0 Å². The molecule has 420 valence electrons. The molecule has 1 unspecified atom stereocenters. The number of anilines is 2. The van der Waals surface area contributed by atoms with Crippen molar-refractivity contribution < 1.29 is 70.5 Å². The SMILES string of the molecule is C=CC=O.CC.CC.CCC.CO.COc1ccc(F)cc1CC(Cl)C=O.COc1ccc(F)cc1Cc1cnc(N)s1.COc1ccc(F)cc1N.COc1ccc(F)cc1[N+](=O)[O-].O=[N+]([O-])c1cc(F)ccc1O. The van der Waals surface area contributed by atoms with Crippen molar-refractivity contribution in [3.05, 3.63) is 175 Å². The van der Waals surface area contributed by atoms with E-state index in [1.54, 1.807) is 19.4 Å². The van der Waals surface area contributed by atoms with E-state index in [2.05, 4.69) is 30.1 Å². The topological polar surface area (TPSA) is 263 Å². The van der Waals surface area contributed by atoms with Gasteiger partial charge in [0, 0.05) is 36.2 Å². The van der Waals surface area contributed by atoms with E-state index in [0.29, 0.717) is 58.7 Å². The third kappa shape index (κ3) is 32.3. The number of aromatic hydroxyl groups is 1. The molecule has 1 atom stereocenters. The fraction of sp³-hybridized carbons (Fsp3) is 0.288. The van der Waals surface area contributed by atoms with Crippen molar-refractivity contribution in [3.63, 3.8) is 0 Å². The largest absolute Gasteiger partial charge is 0.502 e. The number of phenolic OH excluding ortho intramolecular Hbond substituents is 1. The highest BCUT2D eigenvalue weighted by Gasteiger charge is 2.15. The molecule has 0 bridgehead atoms. The number of nitro benzene ring substituents is 2. The molecule has 5 aromatic carbocycles. The fourth-order valence-corrected chi connectivity index (χ4v) is 5.67. The average molecular weight is 1120 g/mol. The summed E-state index contributed by atoms with van der Waals surface area (Å²) in [4.78, 5) is 43.1. The summed E-state index contributed by atoms with van der Waals surface area (Å²) < 4.78 is 82.7. The molecule has 24 heteroatoms. The molecule has 1 aromatic heterocycles. The smallest absolute Gasteiger partial charge is 0.313 e. The Morgan fingerprint density at radius 3 is 1.41 bits per heavy atom. The second kappa shape index (κ2) is 45.7. The molecule has 1 heterocycles. The number of nitro groups is 2. The number of hydrogen-bond donors (Lipinski definition) is 4. The van der Waals surface area contributed by atoms with Gasteiger partial charge in [0.1, 0.15) is 58.9 Å². The highest BCUT2D eigenvalue weighted by molar-refractivity contribution is 7.15. The van der Waals surface area contributed by atoms with Crippen LogP contribution in [0.25, 0.3) is 0 Å². The maximum Gasteiger partial charge on any atom is 0.313 e. The number of phenols is 1. The van der Waals surface area contributed by atoms with E-state index >= 15 is 0 Å². The van der Waals surface area contributed by atoms with Crippen molar-refractivity contribution in [3.8, 4) is 28.7 Å². The number of carbonyl (C=O) groups excluding carboxylic acids is 2. The highest BCUT2D eigenvalue weighted by atomic mass is 35.5. The van der Waals surface area contributed by atoms with Gasteiger partial charge in [-0.1, -0.05) is 54.5 Å². The standard InChI is InChI=1S/C11H11FN2OS.C10H10ClFO2.C7H6FNO3.C7H8FNO.C6H4FNO3.C3H4O.C3H8.2C2H6.CH4O/c1-15-10-3-2-8(12)4-7(10)5-9-6-14-11(13)16-9;1-14-10-3-2-9(12)5-7(10)4-8(11)6-13;1-12-7-3-2-5(8)4-6(7)9(10)11;1-10-7-3-2-5(8)4-6(7)9;7-4-1-2-6(9)5(3-4)8(10)11;1-2-3-4;1-3-2;3*1-2/h2-4,6H,5H2,1H3,(H2,13,14);2-3,5-6,8H,4H2,1H3;2-4H,1H3;2-4H,9H2,1H3;1-3,9H;2-3H,1H2;3H2,1-2H3;2*1-2H3;2H,1H3. The maximum absolute atomic E-state index is 13.1. The predicted octanol–water partition coefficient (Wildman–Crippen LogP) is 12.7. The summed E-state index contributed by atoms with van der Waals surface area (Å²) in [6, 6.07) is 18.3. The van der Waals surface area contributed by atoms with E-state index in [1.807, 2.05) is 27.7 Å². The van der Waals surface area contributed by atoms with E-state index in [-0.39, 0.29) is 35.3 Å². The molecule has 0 aliphatic carbocycles. The lowest BCUT2D eigenvalue weighted by Gasteiger charge is -2.08. The molecule has 76 heavy (non-hydrogen) atoms. The monoisotopic (exact) mass is 1120 g/mol. The van der Waals surface area contributed by atoms with Gasteiger partial charge in [-0.2, -0.15) is 0 Å². The first-order chi connectivity index (χ1) is 36.2. The molecule has 6 rings (SSSR count). The molecule has 0 radical (unpaired) electrons. The lowest BCUT2D eigenvalue weighted by Crippen LogP contribution is -2.06. The number of allylic oxidation sites excluding steroid dienone is 1. The Hall–Kier alpha value is -7.89. The van der Waals surface area contributed by atoms with Crippen molar-refractivity contribution in [2.24, 2.45) is 0 Å². The van der Waals surface area contributed by atoms with E-state index in [1.165, 1.54) is 99.8 Å². The number of ether oxygens (including phenoxy) is 4. The molecule has 6 aromatic rings. The summed E-state index contributed by atoms with van der Waals surface area (Å²) >= 11 is 7.03. The van der Waals surface area contributed by atoms with Crippen LogP contribution in [0, 0.1) is 49.3 Å². The fourth-order valence-electron chi connectivity index (χ4n) is 4.80. The van der Waals surface area contributed by atoms with Crippen LogP contribution in [0.3, 0.4) is 0 Å². The van der Waals surface area contributed by atoms with Crippen LogP contribution in [0.4, 0.5) is 44.1 Å². The van der Waals surface area contributed by atoms with E-state index in [4.69, 9.17) is 52.3 Å². The van der Waals surface area contributed by atoms with Gasteiger partial charge in [0.25, 0.3) is 0 Å². The van der Waals surface area contributed by atoms with Gasteiger partial charge in [-0.25, -0.2) is 26.9 Å². The molecule has 0 fully saturated rings. The number of halogens is 6. The van der Waals surface area contributed by atoms with Gasteiger partial charge in [0.2, 0.25) is 0 Å². The van der Waals surface area contributed by atoms with Gasteiger partial charge in [0.05, 0.1) is 61.5 Å². The van der Waals surface area contributed by atoms with Gasteiger partial charge in [-0.15, -0.1) is 22.9 Å². The zero-order valence-electron chi connectivity index (χ0n) is 44.0. The van der Waals surface area contributed by atoms with Crippen LogP contribution in [0.1, 0.15) is 64.0 Å². The molecule has 0 saturated heterocycles. The summed E-state index contributed by atoms with van der Waals surface area (Å²) in [6.45, 7) is 15.4. The van der Waals surface area contributed by atoms with Crippen LogP contribution in [0.15, 0.2) is 110 Å². The normalized spacial score (nSPS) is 9.29. The molecular weight excluding hydrogens is 1050 g/mol. The minimum atomic E-state index is -0.849. The Balaban J connectivity index is -0.000000406. The van der Waals surface area contributed by atoms with Crippen molar-refractivity contribution in [2.75, 3.05) is 47.0 Å². The Bertz CT molecular complexity index is 2580. The van der Waals surface area contributed by atoms with Crippen LogP contribution >= 0.6 is 22.9 Å². The number of carbonyl (C=O) groups is 2. The van der Waals surface area contributed by atoms with Crippen molar-refractivity contribution >= 4 is 57.7 Å². The van der Waals surface area contributed by atoms with Crippen molar-refractivity contribution in [1.82, 2.24) is 4.98 Å². The molecule has 6 N–H and O–H groups in total. The Morgan fingerprint density at radius 1 is 0.671 bits per heavy atom. The van der Waals surface area contributed by atoms with Crippen molar-refractivity contribution in [2.45, 2.75) is 66.2 Å². The molecule has 0 saturated carbocycles. The van der Waals surface area contributed by atoms with Crippen LogP contribution in [-0.2, 0) is 22.4 Å². The molecule has 0 aliphatic rings. The molecule has 17 nitrogen and oxygen atoms in total. The van der Waals surface area contributed by atoms with Crippen LogP contribution in [0.2, 0.25) is 0 Å². The van der Waals surface area contributed by atoms with Crippen LogP contribution in [0.5, 0.6) is 28.7 Å². The minimum Gasteiger partial charge on any atom is -0.502 e. The quantitative estimate of drug-likeness (QED) is 0.0169. The average Bonchev–Trinajstić information content (AvgIpc) is 3.83. The van der Waals surface area contributed by atoms with Gasteiger partial charge in [-0.05, 0) is 90.9 Å². The number of methoxy groups -OCH3 is 4. The third-order valence-electron chi connectivity index (χ3n) is 7.74. The van der Waals surface area contributed by atoms with E-state index in [9.17, 15) is 47.0 Å². The number of alkyl halides is 1. The number of aldehydes is 2. The zero-order chi connectivity index (χ0) is 59.3. The molecular formula is C52H67ClF5N5O12S. The summed E-state index contributed by atoms with van der Waals surface area (Å²) in [6.07, 6.45) is 6.25. The Kier molecular flexibility index (Phi) is 44.9. The highest BCUT2D eigenvalue weighted by Crippen LogP contribution is 2.28.